The van der Waals surface area contributed by atoms with E-state index in [4.69, 9.17) is 14.9 Å². The topological polar surface area (TPSA) is 104 Å². The number of carbonyl (C=O) groups excluding carboxylic acids is 1. The van der Waals surface area contributed by atoms with Gasteiger partial charge in [0, 0.05) is 6.42 Å². The Morgan fingerprint density at radius 1 is 0.578 bits per heavy atom. The average Bonchev–Trinajstić information content (AvgIpc) is 3.03. The molecule has 0 aliphatic carbocycles. The van der Waals surface area contributed by atoms with Crippen LogP contribution in [0.4, 0.5) is 0 Å². The number of carboxylic acid groups (broad SMARTS) is 1. The Labute approximate surface area is 277 Å². The van der Waals surface area contributed by atoms with Crippen LogP contribution < -0.4 is 0 Å². The molecule has 2 atom stereocenters. The molecule has 0 aromatic rings. The van der Waals surface area contributed by atoms with Crippen molar-refractivity contribution in [3.05, 3.63) is 24.3 Å². The molecule has 2 unspecified atom stereocenters. The Kier molecular flexibility index (Phi) is 33.9. The lowest BCUT2D eigenvalue weighted by atomic mass is 9.94. The Balaban J connectivity index is 3.93. The summed E-state index contributed by atoms with van der Waals surface area (Å²) < 4.78 is 5.33. The van der Waals surface area contributed by atoms with E-state index in [-0.39, 0.29) is 18.5 Å². The molecule has 264 valence electrons. The summed E-state index contributed by atoms with van der Waals surface area (Å²) in [7, 11) is 0. The van der Waals surface area contributed by atoms with Crippen LogP contribution >= 0.6 is 0 Å². The molecule has 0 aromatic carbocycles. The second kappa shape index (κ2) is 35.2. The van der Waals surface area contributed by atoms with Crippen LogP contribution in [0.5, 0.6) is 0 Å². The summed E-state index contributed by atoms with van der Waals surface area (Å²) in [5.41, 5.74) is 0. The minimum Gasteiger partial charge on any atom is -0.481 e. The molecule has 0 radical (unpaired) electrons. The van der Waals surface area contributed by atoms with Gasteiger partial charge in [0.05, 0.1) is 12.5 Å². The van der Waals surface area contributed by atoms with Crippen molar-refractivity contribution in [3.63, 3.8) is 0 Å². The first-order chi connectivity index (χ1) is 22.0. The summed E-state index contributed by atoms with van der Waals surface area (Å²) in [6.07, 6.45) is 40.0. The van der Waals surface area contributed by atoms with Gasteiger partial charge in [0.15, 0.2) is 0 Å². The Morgan fingerprint density at radius 3 is 1.36 bits per heavy atom. The molecular weight excluding hydrogens is 564 g/mol. The van der Waals surface area contributed by atoms with Gasteiger partial charge in [-0.25, -0.2) is 0 Å². The van der Waals surface area contributed by atoms with E-state index >= 15 is 0 Å². The maximum Gasteiger partial charge on any atom is 0.309 e. The Hall–Kier alpha value is -1.66. The SMILES string of the molecule is CCCCCCCC/C=C\CCCCCCC(CCCCCCCC/C=C/CCCCCCCC(=O)O)C(=O)OCC(O)CO. The molecule has 3 N–H and O–H groups in total. The summed E-state index contributed by atoms with van der Waals surface area (Å²) in [6, 6.07) is 0. The van der Waals surface area contributed by atoms with Crippen LogP contribution in [0.2, 0.25) is 0 Å². The normalized spacial score (nSPS) is 13.1. The molecule has 0 saturated carbocycles. The van der Waals surface area contributed by atoms with Gasteiger partial charge >= 0.3 is 11.9 Å². The Morgan fingerprint density at radius 2 is 0.956 bits per heavy atom. The number of ether oxygens (including phenoxy) is 1. The second-order valence-corrected chi connectivity index (χ2v) is 13.1. The number of hydrogen-bond donors (Lipinski definition) is 3. The first-order valence-electron chi connectivity index (χ1n) is 19.0. The van der Waals surface area contributed by atoms with Crippen LogP contribution in [-0.2, 0) is 14.3 Å². The van der Waals surface area contributed by atoms with E-state index < -0.39 is 18.7 Å². The summed E-state index contributed by atoms with van der Waals surface area (Å²) in [5, 5.41) is 27.3. The fourth-order valence-corrected chi connectivity index (χ4v) is 5.68. The van der Waals surface area contributed by atoms with Crippen molar-refractivity contribution < 1.29 is 29.6 Å². The van der Waals surface area contributed by atoms with Crippen molar-refractivity contribution in [2.24, 2.45) is 5.92 Å². The summed E-state index contributed by atoms with van der Waals surface area (Å²) >= 11 is 0. The molecule has 0 amide bonds. The van der Waals surface area contributed by atoms with Crippen molar-refractivity contribution in [2.45, 2.75) is 193 Å². The molecule has 6 heteroatoms. The van der Waals surface area contributed by atoms with Crippen LogP contribution in [0.3, 0.4) is 0 Å². The van der Waals surface area contributed by atoms with Gasteiger partial charge in [-0.3, -0.25) is 9.59 Å². The van der Waals surface area contributed by atoms with Gasteiger partial charge in [-0.2, -0.15) is 0 Å². The molecular formula is C39H72O6. The molecule has 0 heterocycles. The van der Waals surface area contributed by atoms with E-state index in [9.17, 15) is 14.7 Å². The molecule has 6 nitrogen and oxygen atoms in total. The fraction of sp³-hybridized carbons (Fsp3) is 0.846. The number of aliphatic carboxylic acids is 1. The molecule has 0 rings (SSSR count). The zero-order chi connectivity index (χ0) is 33.1. The van der Waals surface area contributed by atoms with Crippen LogP contribution in [0.1, 0.15) is 187 Å². The maximum absolute atomic E-state index is 12.7. The van der Waals surface area contributed by atoms with Gasteiger partial charge in [-0.15, -0.1) is 0 Å². The molecule has 0 spiro atoms. The summed E-state index contributed by atoms with van der Waals surface area (Å²) in [5.74, 6) is -1.02. The third-order valence-electron chi connectivity index (χ3n) is 8.63. The standard InChI is InChI=1S/C39H72O6/c1-2-3-4-5-6-7-8-9-13-16-19-22-25-28-31-36(39(44)45-35-37(41)34-40)32-29-26-23-20-17-14-11-10-12-15-18-21-24-27-30-33-38(42)43/h9-10,12-13,36-37,40-41H,2-8,11,14-35H2,1H3,(H,42,43)/b12-10+,13-9-. The van der Waals surface area contributed by atoms with E-state index in [0.29, 0.717) is 6.42 Å². The highest BCUT2D eigenvalue weighted by Crippen LogP contribution is 2.21. The number of carbonyl (C=O) groups is 2. The smallest absolute Gasteiger partial charge is 0.309 e. The van der Waals surface area contributed by atoms with Crippen LogP contribution in [0.25, 0.3) is 0 Å². The fourth-order valence-electron chi connectivity index (χ4n) is 5.68. The number of hydrogen-bond acceptors (Lipinski definition) is 5. The summed E-state index contributed by atoms with van der Waals surface area (Å²) in [6.45, 7) is 1.75. The van der Waals surface area contributed by atoms with Crippen molar-refractivity contribution >= 4 is 11.9 Å². The maximum atomic E-state index is 12.7. The number of allylic oxidation sites excluding steroid dienone is 4. The number of rotatable bonds is 35. The van der Waals surface area contributed by atoms with Crippen molar-refractivity contribution in [2.75, 3.05) is 13.2 Å². The molecule has 0 bridgehead atoms. The molecule has 0 saturated heterocycles. The van der Waals surface area contributed by atoms with E-state index in [1.54, 1.807) is 0 Å². The van der Waals surface area contributed by atoms with Gasteiger partial charge in [-0.1, -0.05) is 134 Å². The monoisotopic (exact) mass is 637 g/mol. The first-order valence-corrected chi connectivity index (χ1v) is 19.0. The van der Waals surface area contributed by atoms with Gasteiger partial charge in [-0.05, 0) is 70.6 Å². The number of aliphatic hydroxyl groups is 2. The molecule has 0 aromatic heterocycles. The number of carboxylic acids is 1. The third-order valence-corrected chi connectivity index (χ3v) is 8.63. The second-order valence-electron chi connectivity index (χ2n) is 13.1. The number of esters is 1. The van der Waals surface area contributed by atoms with Crippen molar-refractivity contribution in [3.8, 4) is 0 Å². The van der Waals surface area contributed by atoms with Crippen LogP contribution in [0.15, 0.2) is 24.3 Å². The zero-order valence-corrected chi connectivity index (χ0v) is 29.2. The number of aliphatic hydroxyl groups excluding tert-OH is 2. The van der Waals surface area contributed by atoms with Gasteiger partial charge < -0.3 is 20.1 Å². The van der Waals surface area contributed by atoms with Crippen molar-refractivity contribution in [1.82, 2.24) is 0 Å². The highest BCUT2D eigenvalue weighted by Gasteiger charge is 2.20. The van der Waals surface area contributed by atoms with Gasteiger partial charge in [0.2, 0.25) is 0 Å². The van der Waals surface area contributed by atoms with E-state index in [2.05, 4.69) is 31.2 Å². The summed E-state index contributed by atoms with van der Waals surface area (Å²) in [4.78, 5) is 23.2. The zero-order valence-electron chi connectivity index (χ0n) is 29.2. The van der Waals surface area contributed by atoms with Gasteiger partial charge in [0.1, 0.15) is 12.7 Å². The lowest BCUT2D eigenvalue weighted by molar-refractivity contribution is -0.152. The lowest BCUT2D eigenvalue weighted by Gasteiger charge is -2.17. The van der Waals surface area contributed by atoms with Crippen molar-refractivity contribution in [1.29, 1.82) is 0 Å². The van der Waals surface area contributed by atoms with Crippen LogP contribution in [0, 0.1) is 5.92 Å². The van der Waals surface area contributed by atoms with E-state index in [1.807, 2.05) is 0 Å². The average molecular weight is 637 g/mol. The van der Waals surface area contributed by atoms with Crippen LogP contribution in [-0.4, -0.2) is 46.6 Å². The molecule has 0 fully saturated rings. The first kappa shape index (κ1) is 43.3. The minimum absolute atomic E-state index is 0.108. The molecule has 0 aliphatic rings. The predicted molar refractivity (Wildman–Crippen MR) is 188 cm³/mol. The number of unbranched alkanes of at least 4 members (excludes halogenated alkanes) is 21. The quantitative estimate of drug-likeness (QED) is 0.0363. The highest BCUT2D eigenvalue weighted by atomic mass is 16.5. The highest BCUT2D eigenvalue weighted by molar-refractivity contribution is 5.72. The van der Waals surface area contributed by atoms with E-state index in [1.165, 1.54) is 96.3 Å². The van der Waals surface area contributed by atoms with Gasteiger partial charge in [0.25, 0.3) is 0 Å². The predicted octanol–water partition coefficient (Wildman–Crippen LogP) is 10.6. The largest absolute Gasteiger partial charge is 0.481 e. The molecule has 45 heavy (non-hydrogen) atoms. The van der Waals surface area contributed by atoms with E-state index in [0.717, 1.165) is 77.0 Å². The Bertz CT molecular complexity index is 704. The lowest BCUT2D eigenvalue weighted by Crippen LogP contribution is -2.25. The third kappa shape index (κ3) is 33.5. The minimum atomic E-state index is -1.000. The molecule has 0 aliphatic heterocycles.